The lowest BCUT2D eigenvalue weighted by molar-refractivity contribution is -0.143. The Bertz CT molecular complexity index is 2600. The number of fused-ring (bicyclic) bond motifs is 2. The van der Waals surface area contributed by atoms with Crippen LogP contribution in [-0.2, 0) is 14.3 Å². The molecule has 0 saturated heterocycles. The number of aliphatic carboxylic acids is 1. The minimum absolute atomic E-state index is 0.0278. The number of amides is 2. The molecule has 2 heterocycles. The Morgan fingerprint density at radius 2 is 1.03 bits per heavy atom. The smallest absolute Gasteiger partial charge is 0.307 e. The predicted octanol–water partition coefficient (Wildman–Crippen LogP) is 12.8. The van der Waals surface area contributed by atoms with Crippen molar-refractivity contribution in [3.05, 3.63) is 129 Å². The Morgan fingerprint density at radius 3 is 1.39 bits per heavy atom. The van der Waals surface area contributed by atoms with E-state index in [0.717, 1.165) is 68.8 Å². The molecule has 0 saturated carbocycles. The number of benzene rings is 4. The molecule has 3 N–H and O–H groups in total. The largest absolute Gasteiger partial charge is 0.481 e. The number of esters is 1. The summed E-state index contributed by atoms with van der Waals surface area (Å²) in [5.41, 5.74) is 6.61. The lowest BCUT2D eigenvalue weighted by Gasteiger charge is -2.21. The number of ether oxygens (including phenoxy) is 1. The first kappa shape index (κ1) is 51.0. The minimum atomic E-state index is -0.927. The summed E-state index contributed by atoms with van der Waals surface area (Å²) >= 11 is 12.4. The molecule has 14 heteroatoms. The molecular weight excluding hydrogens is 879 g/mol. The molecule has 0 spiro atoms. The second kappa shape index (κ2) is 23.5. The van der Waals surface area contributed by atoms with E-state index >= 15 is 0 Å². The standard InChI is InChI=1S/C27H33ClN2O4.C25H29ClN2O4/c1-6-33-25(31)13-14-30(5)27(32)19-7-10-21(11-8-19)29-23(15-17(2)3)26-18(4)22-16-20(28)9-12-24(22)34-26;1-15(2)13-21(24-16(3)20-14-18(26)7-10-22(20)32-24)27-19-8-5-17(6-9-19)25(31)28(4)12-11-23(29)30/h7-12,16-17,23,29H,6,13-15H2,1-5H3;5-10,14-15,21,27H,11-13H2,1-4H3,(H,29,30). The number of carbonyl (C=O) groups is 4. The summed E-state index contributed by atoms with van der Waals surface area (Å²) in [6.07, 6.45) is 1.84. The third-order valence-electron chi connectivity index (χ3n) is 11.2. The zero-order valence-electron chi connectivity index (χ0n) is 39.3. The van der Waals surface area contributed by atoms with Crippen LogP contribution in [0.1, 0.15) is 116 Å². The summed E-state index contributed by atoms with van der Waals surface area (Å²) in [5, 5.41) is 19.3. The Kier molecular flexibility index (Phi) is 18.1. The number of rotatable bonds is 19. The van der Waals surface area contributed by atoms with Gasteiger partial charge in [-0.3, -0.25) is 19.2 Å². The Labute approximate surface area is 397 Å². The molecule has 0 aliphatic heterocycles. The molecule has 0 fully saturated rings. The van der Waals surface area contributed by atoms with E-state index in [-0.39, 0.29) is 49.3 Å². The van der Waals surface area contributed by atoms with Crippen molar-refractivity contribution in [1.29, 1.82) is 0 Å². The molecule has 352 valence electrons. The molecule has 0 aliphatic rings. The number of hydrogen-bond acceptors (Lipinski definition) is 9. The number of nitrogens with zero attached hydrogens (tertiary/aromatic N) is 2. The number of hydrogen-bond donors (Lipinski definition) is 3. The molecule has 66 heavy (non-hydrogen) atoms. The van der Waals surface area contributed by atoms with Gasteiger partial charge in [-0.15, -0.1) is 0 Å². The normalized spacial score (nSPS) is 12.1. The summed E-state index contributed by atoms with van der Waals surface area (Å²) in [5.74, 6) is 1.08. The fourth-order valence-electron chi connectivity index (χ4n) is 7.71. The van der Waals surface area contributed by atoms with Crippen molar-refractivity contribution in [3.63, 3.8) is 0 Å². The van der Waals surface area contributed by atoms with Gasteiger partial charge >= 0.3 is 11.9 Å². The topological polar surface area (TPSA) is 155 Å². The summed E-state index contributed by atoms with van der Waals surface area (Å²) in [6, 6.07) is 25.8. The van der Waals surface area contributed by atoms with Crippen LogP contribution in [0.5, 0.6) is 0 Å². The molecule has 2 atom stereocenters. The Morgan fingerprint density at radius 1 is 0.636 bits per heavy atom. The summed E-state index contributed by atoms with van der Waals surface area (Å²) in [6.45, 7) is 15.4. The summed E-state index contributed by atoms with van der Waals surface area (Å²) < 4.78 is 17.4. The summed E-state index contributed by atoms with van der Waals surface area (Å²) in [7, 11) is 3.29. The number of carbonyl (C=O) groups excluding carboxylic acids is 3. The Hall–Kier alpha value is -5.98. The molecule has 4 aromatic carbocycles. The fraction of sp³-hybridized carbons (Fsp3) is 0.385. The van der Waals surface area contributed by atoms with Gasteiger partial charge in [-0.1, -0.05) is 50.9 Å². The van der Waals surface area contributed by atoms with Crippen molar-refractivity contribution in [2.75, 3.05) is 44.4 Å². The molecule has 6 rings (SSSR count). The van der Waals surface area contributed by atoms with Gasteiger partial charge in [0, 0.05) is 81.6 Å². The lowest BCUT2D eigenvalue weighted by atomic mass is 9.98. The maximum Gasteiger partial charge on any atom is 0.307 e. The summed E-state index contributed by atoms with van der Waals surface area (Å²) in [4.78, 5) is 50.5. The number of carboxylic acids is 1. The lowest BCUT2D eigenvalue weighted by Crippen LogP contribution is -2.29. The fourth-order valence-corrected chi connectivity index (χ4v) is 8.06. The minimum Gasteiger partial charge on any atom is -0.481 e. The van der Waals surface area contributed by atoms with Crippen LogP contribution in [0.15, 0.2) is 93.8 Å². The first-order valence-electron chi connectivity index (χ1n) is 22.3. The van der Waals surface area contributed by atoms with Crippen molar-refractivity contribution >= 4 is 80.3 Å². The van der Waals surface area contributed by atoms with Gasteiger partial charge in [0.05, 0.1) is 31.5 Å². The average Bonchev–Trinajstić information content (AvgIpc) is 3.78. The van der Waals surface area contributed by atoms with Crippen LogP contribution < -0.4 is 10.6 Å². The van der Waals surface area contributed by atoms with Crippen LogP contribution in [0, 0.1) is 25.7 Å². The van der Waals surface area contributed by atoms with E-state index < -0.39 is 5.97 Å². The molecule has 2 aromatic heterocycles. The molecule has 6 aromatic rings. The number of anilines is 2. The monoisotopic (exact) mass is 940 g/mol. The second-order valence-electron chi connectivity index (χ2n) is 17.4. The van der Waals surface area contributed by atoms with Crippen LogP contribution in [0.3, 0.4) is 0 Å². The SMILES string of the molecule is CCOC(=O)CCN(C)C(=O)c1ccc(NC(CC(C)C)c2oc3ccc(Cl)cc3c2C)cc1.Cc1c(C(CC(C)C)Nc2ccc(C(=O)N(C)CCC(=O)O)cc2)oc2ccc(Cl)cc12. The van der Waals surface area contributed by atoms with Gasteiger partial charge in [0.2, 0.25) is 0 Å². The van der Waals surface area contributed by atoms with E-state index in [4.69, 9.17) is 41.9 Å². The van der Waals surface area contributed by atoms with E-state index in [2.05, 4.69) is 45.3 Å². The Balaban J connectivity index is 0.000000248. The van der Waals surface area contributed by atoms with Gasteiger partial charge in [-0.25, -0.2) is 0 Å². The molecule has 0 aliphatic carbocycles. The van der Waals surface area contributed by atoms with Crippen molar-refractivity contribution in [1.82, 2.24) is 9.80 Å². The second-order valence-corrected chi connectivity index (χ2v) is 18.3. The maximum absolute atomic E-state index is 12.7. The number of aryl methyl sites for hydroxylation is 2. The van der Waals surface area contributed by atoms with E-state index in [1.807, 2.05) is 67.6 Å². The van der Waals surface area contributed by atoms with Crippen molar-refractivity contribution in [3.8, 4) is 0 Å². The molecule has 0 radical (unpaired) electrons. The first-order chi connectivity index (χ1) is 31.3. The van der Waals surface area contributed by atoms with Crippen molar-refractivity contribution in [2.24, 2.45) is 11.8 Å². The van der Waals surface area contributed by atoms with Crippen LogP contribution in [0.4, 0.5) is 11.4 Å². The highest BCUT2D eigenvalue weighted by atomic mass is 35.5. The molecular formula is C52H62Cl2N4O8. The molecule has 2 amide bonds. The van der Waals surface area contributed by atoms with Gasteiger partial charge in [-0.2, -0.15) is 0 Å². The van der Waals surface area contributed by atoms with E-state index in [9.17, 15) is 19.2 Å². The van der Waals surface area contributed by atoms with Crippen LogP contribution in [0.25, 0.3) is 21.9 Å². The number of nitrogens with one attached hydrogen (secondary N) is 2. The highest BCUT2D eigenvalue weighted by Crippen LogP contribution is 2.37. The van der Waals surface area contributed by atoms with Crippen molar-refractivity contribution in [2.45, 2.75) is 86.2 Å². The molecule has 0 bridgehead atoms. The molecule has 2 unspecified atom stereocenters. The van der Waals surface area contributed by atoms with Gasteiger partial charge in [-0.05, 0) is 130 Å². The van der Waals surface area contributed by atoms with Gasteiger partial charge < -0.3 is 39.1 Å². The highest BCUT2D eigenvalue weighted by molar-refractivity contribution is 6.31. The van der Waals surface area contributed by atoms with E-state index in [0.29, 0.717) is 46.2 Å². The third-order valence-corrected chi connectivity index (χ3v) is 11.6. The van der Waals surface area contributed by atoms with Crippen LogP contribution in [0.2, 0.25) is 10.0 Å². The average molecular weight is 942 g/mol. The number of halogens is 2. The highest BCUT2D eigenvalue weighted by Gasteiger charge is 2.24. The van der Waals surface area contributed by atoms with Crippen molar-refractivity contribution < 1.29 is 37.9 Å². The van der Waals surface area contributed by atoms with Crippen LogP contribution in [-0.4, -0.2) is 72.5 Å². The molecule has 12 nitrogen and oxygen atoms in total. The number of carboxylic acid groups (broad SMARTS) is 1. The van der Waals surface area contributed by atoms with Gasteiger partial charge in [0.1, 0.15) is 22.7 Å². The maximum atomic E-state index is 12.7. The first-order valence-corrected chi connectivity index (χ1v) is 23.1. The van der Waals surface area contributed by atoms with E-state index in [1.54, 1.807) is 45.3 Å². The van der Waals surface area contributed by atoms with E-state index in [1.165, 1.54) is 9.80 Å². The van der Waals surface area contributed by atoms with Crippen LogP contribution >= 0.6 is 23.2 Å². The zero-order chi connectivity index (χ0) is 48.2. The number of furan rings is 2. The zero-order valence-corrected chi connectivity index (χ0v) is 40.8. The quantitative estimate of drug-likeness (QED) is 0.0669. The predicted molar refractivity (Wildman–Crippen MR) is 264 cm³/mol. The van der Waals surface area contributed by atoms with Gasteiger partial charge in [0.15, 0.2) is 0 Å². The van der Waals surface area contributed by atoms with Gasteiger partial charge in [0.25, 0.3) is 11.8 Å². The third kappa shape index (κ3) is 13.8.